The van der Waals surface area contributed by atoms with Gasteiger partial charge in [-0.25, -0.2) is 0 Å². The number of hydrogen-bond donors (Lipinski definition) is 4. The molecule has 2 aromatic rings. The Balaban J connectivity index is 2.10. The van der Waals surface area contributed by atoms with E-state index in [2.05, 4.69) is 20.6 Å². The van der Waals surface area contributed by atoms with Gasteiger partial charge in [-0.1, -0.05) is 0 Å². The minimum Gasteiger partial charge on any atom is -0.391 e. The highest BCUT2D eigenvalue weighted by Crippen LogP contribution is 2.33. The lowest BCUT2D eigenvalue weighted by Crippen LogP contribution is -2.16. The predicted octanol–water partition coefficient (Wildman–Crippen LogP) is 2.86. The van der Waals surface area contributed by atoms with Gasteiger partial charge >= 0.3 is 0 Å². The van der Waals surface area contributed by atoms with Gasteiger partial charge < -0.3 is 10.6 Å². The summed E-state index contributed by atoms with van der Waals surface area (Å²) in [5.41, 5.74) is 4.83. The predicted molar refractivity (Wildman–Crippen MR) is 102 cm³/mol. The Morgan fingerprint density at radius 2 is 2.08 bits per heavy atom. The van der Waals surface area contributed by atoms with Gasteiger partial charge in [0.15, 0.2) is 0 Å². The molecule has 0 radical (unpaired) electrons. The fraction of sp³-hybridized carbons (Fsp3) is 0.412. The van der Waals surface area contributed by atoms with Crippen LogP contribution in [0.2, 0.25) is 0 Å². The number of aromatic nitrogens is 2. The average Bonchev–Trinajstić information content (AvgIpc) is 2.51. The van der Waals surface area contributed by atoms with E-state index in [4.69, 9.17) is 0 Å². The zero-order chi connectivity index (χ0) is 17.6. The lowest BCUT2D eigenvalue weighted by molar-refractivity contribution is 0.492. The van der Waals surface area contributed by atoms with Crippen molar-refractivity contribution in [3.05, 3.63) is 41.9 Å². The van der Waals surface area contributed by atoms with Crippen LogP contribution in [0.3, 0.4) is 0 Å². The maximum atomic E-state index is 9.38. The summed E-state index contributed by atoms with van der Waals surface area (Å²) in [5, 5.41) is 6.40. The molecule has 0 saturated heterocycles. The summed E-state index contributed by atoms with van der Waals surface area (Å²) in [4.78, 5) is 9.01. The van der Waals surface area contributed by atoms with Crippen LogP contribution in [-0.2, 0) is 0 Å². The zero-order valence-electron chi connectivity index (χ0n) is 14.4. The molecule has 0 atom stereocenters. The van der Waals surface area contributed by atoms with E-state index in [1.165, 1.54) is 6.26 Å². The minimum atomic E-state index is -2.41. The first-order valence-electron chi connectivity index (χ1n) is 7.91. The Morgan fingerprint density at radius 3 is 2.79 bits per heavy atom. The summed E-state index contributed by atoms with van der Waals surface area (Å²) in [6, 6.07) is 5.98. The molecular weight excluding hydrogens is 324 g/mol. The van der Waals surface area contributed by atoms with Crippen LogP contribution in [0.25, 0.3) is 16.6 Å². The molecule has 0 spiro atoms. The van der Waals surface area contributed by atoms with Crippen LogP contribution < -0.4 is 10.6 Å². The highest BCUT2D eigenvalue weighted by molar-refractivity contribution is 8.23. The second-order valence-corrected chi connectivity index (χ2v) is 8.32. The molecule has 0 saturated carbocycles. The van der Waals surface area contributed by atoms with Crippen LogP contribution >= 0.6 is 10.6 Å². The first kappa shape index (κ1) is 18.7. The lowest BCUT2D eigenvalue weighted by Gasteiger charge is -2.26. The van der Waals surface area contributed by atoms with E-state index in [1.54, 1.807) is 0 Å². The van der Waals surface area contributed by atoms with E-state index in [0.29, 0.717) is 25.3 Å². The number of rotatable bonds is 8. The Bertz CT molecular complexity index is 713. The minimum absolute atomic E-state index is 0.413. The maximum Gasteiger partial charge on any atom is 0.0895 e. The third kappa shape index (κ3) is 5.76. The van der Waals surface area contributed by atoms with Crippen LogP contribution in [0.15, 0.2) is 30.6 Å². The molecule has 0 fully saturated rings. The lowest BCUT2D eigenvalue weighted by atomic mass is 10.1. The molecule has 0 bridgehead atoms. The molecule has 6 nitrogen and oxygen atoms in total. The van der Waals surface area contributed by atoms with Gasteiger partial charge in [0.05, 0.1) is 11.0 Å². The Morgan fingerprint density at radius 1 is 1.29 bits per heavy atom. The number of pyridine rings is 2. The van der Waals surface area contributed by atoms with Gasteiger partial charge in [-0.3, -0.25) is 19.1 Å². The topological polar surface area (TPSA) is 90.3 Å². The molecule has 2 rings (SSSR count). The second kappa shape index (κ2) is 8.43. The smallest absolute Gasteiger partial charge is 0.0895 e. The monoisotopic (exact) mass is 350 g/mol. The van der Waals surface area contributed by atoms with E-state index in [9.17, 15) is 9.11 Å². The number of hydrogen-bond acceptors (Lipinski definition) is 6. The van der Waals surface area contributed by atoms with Crippen molar-refractivity contribution in [3.8, 4) is 0 Å². The highest BCUT2D eigenvalue weighted by atomic mass is 32.3. The first-order chi connectivity index (χ1) is 11.4. The van der Waals surface area contributed by atoms with Gasteiger partial charge in [-0.05, 0) is 44.2 Å². The van der Waals surface area contributed by atoms with Crippen LogP contribution in [0.5, 0.6) is 0 Å². The Hall–Kier alpha value is -1.67. The second-order valence-electron chi connectivity index (χ2n) is 5.92. The molecule has 0 aliphatic rings. The molecule has 132 valence electrons. The van der Waals surface area contributed by atoms with Crippen molar-refractivity contribution < 1.29 is 9.11 Å². The summed E-state index contributed by atoms with van der Waals surface area (Å²) >= 11 is 0. The van der Waals surface area contributed by atoms with Crippen molar-refractivity contribution in [2.75, 3.05) is 32.1 Å². The normalized spacial score (nSPS) is 13.3. The molecule has 24 heavy (non-hydrogen) atoms. The average molecular weight is 350 g/mol. The molecular formula is C17H26N4O2S. The summed E-state index contributed by atoms with van der Waals surface area (Å²) < 4.78 is 18.8. The number of fused-ring (bicyclic) bond motifs is 1. The van der Waals surface area contributed by atoms with Gasteiger partial charge in [0.2, 0.25) is 0 Å². The summed E-state index contributed by atoms with van der Waals surface area (Å²) in [6.07, 6.45) is 5.99. The van der Waals surface area contributed by atoms with Crippen molar-refractivity contribution in [1.29, 1.82) is 0 Å². The molecule has 2 aromatic heterocycles. The van der Waals surface area contributed by atoms with E-state index in [1.807, 2.05) is 44.6 Å². The highest BCUT2D eigenvalue weighted by Gasteiger charge is 2.06. The fourth-order valence-corrected chi connectivity index (χ4v) is 3.05. The van der Waals surface area contributed by atoms with E-state index < -0.39 is 10.6 Å². The summed E-state index contributed by atoms with van der Waals surface area (Å²) in [6.45, 7) is 3.36. The standard InChI is InChI=1S/C17H26N4O2S/c1-13-5-6-16-17(21-13)9-14(12-20-16)15(10-18-2)11-19-7-4-8-24(3,22)23/h5-6,9,11-12,18-19,22-23H,4,7-8,10H2,1-3H3/b15-11+. The van der Waals surface area contributed by atoms with E-state index in [0.717, 1.165) is 27.9 Å². The van der Waals surface area contributed by atoms with Crippen LogP contribution in [0.1, 0.15) is 17.7 Å². The van der Waals surface area contributed by atoms with Gasteiger partial charge in [0, 0.05) is 48.8 Å². The van der Waals surface area contributed by atoms with Crippen molar-refractivity contribution in [2.45, 2.75) is 13.3 Å². The number of nitrogens with zero attached hydrogens (tertiary/aromatic N) is 2. The number of nitrogens with one attached hydrogen (secondary N) is 2. The fourth-order valence-electron chi connectivity index (χ4n) is 2.35. The molecule has 2 heterocycles. The van der Waals surface area contributed by atoms with Crippen LogP contribution in [-0.4, -0.2) is 51.2 Å². The van der Waals surface area contributed by atoms with Gasteiger partial charge in [0.1, 0.15) is 0 Å². The molecule has 0 unspecified atom stereocenters. The summed E-state index contributed by atoms with van der Waals surface area (Å²) in [5.74, 6) is 0.413. The number of aryl methyl sites for hydroxylation is 1. The van der Waals surface area contributed by atoms with Crippen LogP contribution in [0, 0.1) is 6.92 Å². The van der Waals surface area contributed by atoms with Gasteiger partial charge in [-0.15, -0.1) is 0 Å². The van der Waals surface area contributed by atoms with E-state index in [-0.39, 0.29) is 0 Å². The van der Waals surface area contributed by atoms with Crippen molar-refractivity contribution in [3.63, 3.8) is 0 Å². The third-order valence-electron chi connectivity index (χ3n) is 3.54. The molecule has 0 amide bonds. The van der Waals surface area contributed by atoms with E-state index >= 15 is 0 Å². The largest absolute Gasteiger partial charge is 0.391 e. The quantitative estimate of drug-likeness (QED) is 0.547. The van der Waals surface area contributed by atoms with Crippen LogP contribution in [0.4, 0.5) is 0 Å². The van der Waals surface area contributed by atoms with Crippen molar-refractivity contribution in [1.82, 2.24) is 20.6 Å². The molecule has 0 aromatic carbocycles. The Kier molecular flexibility index (Phi) is 6.56. The van der Waals surface area contributed by atoms with Gasteiger partial charge in [0.25, 0.3) is 0 Å². The number of likely N-dealkylation sites (N-methyl/N-ethyl adjacent to an activating group) is 1. The Labute approximate surface area is 144 Å². The molecule has 4 N–H and O–H groups in total. The summed E-state index contributed by atoms with van der Waals surface area (Å²) in [7, 11) is -0.507. The molecule has 0 aliphatic carbocycles. The molecule has 7 heteroatoms. The van der Waals surface area contributed by atoms with Gasteiger partial charge in [-0.2, -0.15) is 10.6 Å². The van der Waals surface area contributed by atoms with Crippen molar-refractivity contribution >= 4 is 27.2 Å². The first-order valence-corrected chi connectivity index (χ1v) is 10.0. The third-order valence-corrected chi connectivity index (χ3v) is 4.61. The molecule has 0 aliphatic heterocycles. The maximum absolute atomic E-state index is 9.38. The zero-order valence-corrected chi connectivity index (χ0v) is 15.2. The van der Waals surface area contributed by atoms with Crippen molar-refractivity contribution in [2.24, 2.45) is 0 Å². The SMILES string of the molecule is CNC/C(=C\NCCCS(C)(O)O)c1cnc2ccc(C)nc2c1.